The summed E-state index contributed by atoms with van der Waals surface area (Å²) < 4.78 is 5.53. The largest absolute Gasteiger partial charge is 0.480 e. The van der Waals surface area contributed by atoms with Gasteiger partial charge in [-0.25, -0.2) is 10.3 Å². The van der Waals surface area contributed by atoms with E-state index in [4.69, 9.17) is 9.57 Å². The van der Waals surface area contributed by atoms with Gasteiger partial charge in [0.2, 0.25) is 0 Å². The fourth-order valence-electron chi connectivity index (χ4n) is 7.12. The predicted octanol–water partition coefficient (Wildman–Crippen LogP) is 5.60. The summed E-state index contributed by atoms with van der Waals surface area (Å²) in [5.41, 5.74) is 4.21. The van der Waals surface area contributed by atoms with Gasteiger partial charge in [0.25, 0.3) is 5.91 Å². The van der Waals surface area contributed by atoms with Crippen LogP contribution in [0.25, 0.3) is 0 Å². The molecule has 9 heteroatoms. The van der Waals surface area contributed by atoms with Gasteiger partial charge in [0.15, 0.2) is 6.29 Å². The van der Waals surface area contributed by atoms with Crippen LogP contribution in [0.2, 0.25) is 0 Å². The normalized spacial score (nSPS) is 23.4. The average molecular weight is 615 g/mol. The second-order valence-electron chi connectivity index (χ2n) is 14.0. The van der Waals surface area contributed by atoms with Crippen molar-refractivity contribution in [2.24, 2.45) is 29.6 Å². The lowest BCUT2D eigenvalue weighted by Crippen LogP contribution is -2.46. The van der Waals surface area contributed by atoms with Crippen LogP contribution >= 0.6 is 0 Å². The highest BCUT2D eigenvalue weighted by molar-refractivity contribution is 5.93. The lowest BCUT2D eigenvalue weighted by Gasteiger charge is -2.35. The fourth-order valence-corrected chi connectivity index (χ4v) is 7.12. The van der Waals surface area contributed by atoms with Gasteiger partial charge in [-0.2, -0.15) is 0 Å². The van der Waals surface area contributed by atoms with Crippen molar-refractivity contribution < 1.29 is 24.3 Å². The van der Waals surface area contributed by atoms with Crippen molar-refractivity contribution in [3.8, 4) is 0 Å². The zero-order chi connectivity index (χ0) is 31.3. The van der Waals surface area contributed by atoms with E-state index in [0.29, 0.717) is 35.8 Å². The Hall–Kier alpha value is -2.20. The average Bonchev–Trinajstić information content (AvgIpc) is 3.04. The Morgan fingerprint density at radius 2 is 1.43 bits per heavy atom. The van der Waals surface area contributed by atoms with Crippen molar-refractivity contribution in [1.82, 2.24) is 16.1 Å². The molecule has 3 fully saturated rings. The minimum atomic E-state index is -0.664. The molecule has 4 N–H and O–H groups in total. The number of hydrogen-bond donors (Lipinski definition) is 4. The highest BCUT2D eigenvalue weighted by atomic mass is 16.8. The van der Waals surface area contributed by atoms with Crippen LogP contribution in [0, 0.1) is 29.6 Å². The maximum Gasteiger partial charge on any atom is 0.320 e. The second kappa shape index (κ2) is 18.1. The van der Waals surface area contributed by atoms with E-state index in [9.17, 15) is 14.7 Å². The lowest BCUT2D eigenvalue weighted by molar-refractivity contribution is -0.163. The first kappa shape index (κ1) is 34.7. The molecule has 1 heterocycles. The molecule has 44 heavy (non-hydrogen) atoms. The molecule has 248 valence electrons. The lowest BCUT2D eigenvalue weighted by atomic mass is 9.80. The van der Waals surface area contributed by atoms with E-state index < -0.39 is 12.3 Å². The third-order valence-electron chi connectivity index (χ3n) is 9.94. The van der Waals surface area contributed by atoms with Crippen molar-refractivity contribution in [3.05, 3.63) is 29.8 Å². The van der Waals surface area contributed by atoms with E-state index >= 15 is 0 Å². The van der Waals surface area contributed by atoms with Gasteiger partial charge in [0.05, 0.1) is 6.61 Å². The number of aliphatic carboxylic acids is 1. The van der Waals surface area contributed by atoms with E-state index in [2.05, 4.69) is 34.9 Å². The number of carboxylic acid groups (broad SMARTS) is 1. The maximum absolute atomic E-state index is 12.4. The Morgan fingerprint density at radius 3 is 2.02 bits per heavy atom. The van der Waals surface area contributed by atoms with E-state index in [1.807, 2.05) is 24.3 Å². The number of ether oxygens (including phenoxy) is 1. The molecule has 0 radical (unpaired) electrons. The van der Waals surface area contributed by atoms with Crippen molar-refractivity contribution in [2.45, 2.75) is 104 Å². The molecule has 9 nitrogen and oxygen atoms in total. The monoisotopic (exact) mass is 614 g/mol. The molecule has 3 aliphatic rings. The van der Waals surface area contributed by atoms with E-state index in [1.165, 1.54) is 57.8 Å². The Bertz CT molecular complexity index is 983. The molecule has 1 unspecified atom stereocenters. The van der Waals surface area contributed by atoms with Gasteiger partial charge in [-0.15, -0.1) is 0 Å². The summed E-state index contributed by atoms with van der Waals surface area (Å²) in [6.07, 6.45) is 12.4. The number of nitrogens with zero attached hydrogens (tertiary/aromatic N) is 1. The van der Waals surface area contributed by atoms with Gasteiger partial charge in [-0.1, -0.05) is 33.1 Å². The van der Waals surface area contributed by atoms with Crippen LogP contribution in [0.3, 0.4) is 0 Å². The van der Waals surface area contributed by atoms with E-state index in [-0.39, 0.29) is 11.9 Å². The number of rotatable bonds is 16. The highest BCUT2D eigenvalue weighted by Gasteiger charge is 2.30. The molecule has 0 aromatic heterocycles. The second-order valence-corrected chi connectivity index (χ2v) is 14.0. The van der Waals surface area contributed by atoms with Gasteiger partial charge >= 0.3 is 5.97 Å². The number of hydrogen-bond acceptors (Lipinski definition) is 7. The number of carboxylic acids is 1. The minimum Gasteiger partial charge on any atom is -0.480 e. The van der Waals surface area contributed by atoms with Gasteiger partial charge in [-0.05, 0) is 132 Å². The zero-order valence-electron chi connectivity index (χ0n) is 27.4. The van der Waals surface area contributed by atoms with Crippen LogP contribution in [-0.4, -0.2) is 68.6 Å². The zero-order valence-corrected chi connectivity index (χ0v) is 27.4. The Kier molecular flexibility index (Phi) is 14.2. The van der Waals surface area contributed by atoms with Crippen molar-refractivity contribution >= 4 is 17.6 Å². The van der Waals surface area contributed by atoms with Crippen LogP contribution in [0.4, 0.5) is 5.69 Å². The molecule has 1 saturated heterocycles. The predicted molar refractivity (Wildman–Crippen MR) is 175 cm³/mol. The molecule has 0 bridgehead atoms. The third kappa shape index (κ3) is 11.3. The number of amides is 1. The third-order valence-corrected chi connectivity index (χ3v) is 9.94. The number of piperidine rings is 1. The number of carbonyl (C=O) groups is 2. The SMILES string of the molecule is CC(C)COC(C)ONC(=O)c1ccc(N2CCC(CNCC3CCC(CN[C@H](C(=O)O)C4CCCCC4)CC3)CC2)cc1. The Labute approximate surface area is 265 Å². The van der Waals surface area contributed by atoms with Crippen LogP contribution in [-0.2, 0) is 14.4 Å². The van der Waals surface area contributed by atoms with Crippen LogP contribution < -0.4 is 21.0 Å². The van der Waals surface area contributed by atoms with Gasteiger partial charge in [0.1, 0.15) is 6.04 Å². The number of nitrogens with one attached hydrogen (secondary N) is 3. The summed E-state index contributed by atoms with van der Waals surface area (Å²) in [6, 6.07) is 7.39. The highest BCUT2D eigenvalue weighted by Crippen LogP contribution is 2.30. The molecular formula is C35H58N4O5. The Morgan fingerprint density at radius 1 is 0.841 bits per heavy atom. The summed E-state index contributed by atoms with van der Waals surface area (Å²) >= 11 is 0. The molecule has 1 aromatic carbocycles. The van der Waals surface area contributed by atoms with Crippen molar-refractivity contribution in [2.75, 3.05) is 44.2 Å². The Balaban J connectivity index is 1.07. The van der Waals surface area contributed by atoms with E-state index in [0.717, 1.165) is 57.2 Å². The molecular weight excluding hydrogens is 556 g/mol. The molecule has 0 spiro atoms. The minimum absolute atomic E-state index is 0.270. The molecule has 4 rings (SSSR count). The number of hydroxylamine groups is 1. The molecule has 2 atom stereocenters. The fraction of sp³-hybridized carbons (Fsp3) is 0.771. The van der Waals surface area contributed by atoms with Gasteiger partial charge < -0.3 is 25.4 Å². The molecule has 1 aliphatic heterocycles. The molecule has 2 saturated carbocycles. The van der Waals surface area contributed by atoms with E-state index in [1.54, 1.807) is 6.92 Å². The topological polar surface area (TPSA) is 112 Å². The summed E-state index contributed by atoms with van der Waals surface area (Å²) in [6.45, 7) is 11.6. The van der Waals surface area contributed by atoms with Crippen molar-refractivity contribution in [3.63, 3.8) is 0 Å². The van der Waals surface area contributed by atoms with Crippen LogP contribution in [0.5, 0.6) is 0 Å². The maximum atomic E-state index is 12.4. The summed E-state index contributed by atoms with van der Waals surface area (Å²) in [7, 11) is 0. The van der Waals surface area contributed by atoms with Crippen molar-refractivity contribution in [1.29, 1.82) is 0 Å². The standard InChI is InChI=1S/C35H58N4O5/c1-25(2)24-43-26(3)44-38-34(40)31-13-15-32(16-14-31)39-19-17-29(18-20-39)22-36-21-27-9-11-28(12-10-27)23-37-33(35(41)42)30-7-5-4-6-8-30/h13-16,25-30,33,36-37H,4-12,17-24H2,1-3H3,(H,38,40)(H,41,42)/t26?,27?,28?,33-/m0/s1. The number of carbonyl (C=O) groups excluding carboxylic acids is 1. The number of anilines is 1. The molecule has 1 amide bonds. The summed E-state index contributed by atoms with van der Waals surface area (Å²) in [4.78, 5) is 32.1. The quantitative estimate of drug-likeness (QED) is 0.141. The first-order valence-electron chi connectivity index (χ1n) is 17.4. The van der Waals surface area contributed by atoms with Gasteiger partial charge in [-0.3, -0.25) is 9.59 Å². The smallest absolute Gasteiger partial charge is 0.320 e. The van der Waals surface area contributed by atoms with Crippen LogP contribution in [0.1, 0.15) is 102 Å². The van der Waals surface area contributed by atoms with Crippen LogP contribution in [0.15, 0.2) is 24.3 Å². The first-order valence-corrected chi connectivity index (χ1v) is 17.4. The molecule has 1 aromatic rings. The first-order chi connectivity index (χ1) is 21.3. The summed E-state index contributed by atoms with van der Waals surface area (Å²) in [5, 5.41) is 17.0. The summed E-state index contributed by atoms with van der Waals surface area (Å²) in [5.74, 6) is 1.81. The van der Waals surface area contributed by atoms with Gasteiger partial charge in [0, 0.05) is 24.3 Å². The molecule has 2 aliphatic carbocycles. The number of benzene rings is 1.